The van der Waals surface area contributed by atoms with E-state index in [1.165, 1.54) is 41.3 Å². The number of ketones is 1. The van der Waals surface area contributed by atoms with Crippen molar-refractivity contribution in [3.8, 4) is 6.07 Å². The summed E-state index contributed by atoms with van der Waals surface area (Å²) in [6.07, 6.45) is 1.29. The summed E-state index contributed by atoms with van der Waals surface area (Å²) < 4.78 is 0. The number of benzene rings is 2. The van der Waals surface area contributed by atoms with Gasteiger partial charge >= 0.3 is 0 Å². The highest BCUT2D eigenvalue weighted by Crippen LogP contribution is 2.46. The van der Waals surface area contributed by atoms with E-state index in [4.69, 9.17) is 5.73 Å². The summed E-state index contributed by atoms with van der Waals surface area (Å²) in [7, 11) is 0. The van der Waals surface area contributed by atoms with Crippen molar-refractivity contribution in [2.45, 2.75) is 25.2 Å². The predicted molar refractivity (Wildman–Crippen MR) is 114 cm³/mol. The molecule has 2 aromatic carbocycles. The van der Waals surface area contributed by atoms with Gasteiger partial charge in [0.2, 0.25) is 0 Å². The fourth-order valence-electron chi connectivity index (χ4n) is 4.28. The van der Waals surface area contributed by atoms with E-state index in [1.54, 1.807) is 12.1 Å². The number of allylic oxidation sites excluding steroid dienone is 3. The first-order chi connectivity index (χ1) is 15.3. The van der Waals surface area contributed by atoms with Crippen molar-refractivity contribution in [1.82, 2.24) is 0 Å². The van der Waals surface area contributed by atoms with Crippen LogP contribution in [0.4, 0.5) is 17.1 Å². The molecular weight excluding hydrogens is 414 g/mol. The highest BCUT2D eigenvalue weighted by Gasteiger charge is 2.40. The van der Waals surface area contributed by atoms with Gasteiger partial charge in [-0.3, -0.25) is 29.9 Å². The number of nitriles is 1. The Morgan fingerprint density at radius 1 is 1.03 bits per heavy atom. The van der Waals surface area contributed by atoms with Crippen molar-refractivity contribution in [2.24, 2.45) is 5.73 Å². The first kappa shape index (κ1) is 20.7. The lowest BCUT2D eigenvalue weighted by molar-refractivity contribution is -0.385. The Bertz CT molecular complexity index is 1270. The van der Waals surface area contributed by atoms with Crippen LogP contribution in [-0.4, -0.2) is 15.6 Å². The van der Waals surface area contributed by atoms with Gasteiger partial charge in [0, 0.05) is 42.0 Å². The van der Waals surface area contributed by atoms with E-state index in [2.05, 4.69) is 6.07 Å². The van der Waals surface area contributed by atoms with Gasteiger partial charge in [0.1, 0.15) is 5.82 Å². The summed E-state index contributed by atoms with van der Waals surface area (Å²) >= 11 is 0. The van der Waals surface area contributed by atoms with Gasteiger partial charge in [0.05, 0.1) is 33.1 Å². The van der Waals surface area contributed by atoms with Gasteiger partial charge in [-0.15, -0.1) is 0 Å². The van der Waals surface area contributed by atoms with Crippen LogP contribution in [0.3, 0.4) is 0 Å². The second kappa shape index (κ2) is 7.96. The molecule has 0 fully saturated rings. The summed E-state index contributed by atoms with van der Waals surface area (Å²) in [6, 6.07) is 13.6. The molecule has 0 saturated heterocycles. The van der Waals surface area contributed by atoms with Crippen LogP contribution < -0.4 is 10.6 Å². The van der Waals surface area contributed by atoms with Gasteiger partial charge in [-0.05, 0) is 24.5 Å². The average Bonchev–Trinajstić information content (AvgIpc) is 2.78. The molecule has 1 unspecified atom stereocenters. The fraction of sp³-hybridized carbons (Fsp3) is 0.182. The molecule has 32 heavy (non-hydrogen) atoms. The number of anilines is 1. The number of hydrogen-bond donors (Lipinski definition) is 1. The predicted octanol–water partition coefficient (Wildman–Crippen LogP) is 3.81. The first-order valence-corrected chi connectivity index (χ1v) is 9.78. The SMILES string of the molecule is N#CC1=C(N)N(c2cccc([N+](=O)[O-])c2)C2=C(C(=O)CCC2)C1c1cccc([N+](=O)[O-])c1. The maximum Gasteiger partial charge on any atom is 0.271 e. The molecule has 10 heteroatoms. The summed E-state index contributed by atoms with van der Waals surface area (Å²) in [5.74, 6) is -0.992. The molecule has 2 N–H and O–H groups in total. The highest BCUT2D eigenvalue weighted by molar-refractivity contribution is 6.01. The molecule has 0 bridgehead atoms. The number of nitro benzene ring substituents is 2. The van der Waals surface area contributed by atoms with E-state index in [0.29, 0.717) is 35.4 Å². The highest BCUT2D eigenvalue weighted by atomic mass is 16.6. The molecule has 0 spiro atoms. The van der Waals surface area contributed by atoms with Crippen LogP contribution in [0.2, 0.25) is 0 Å². The molecule has 1 aliphatic heterocycles. The van der Waals surface area contributed by atoms with E-state index < -0.39 is 15.8 Å². The lowest BCUT2D eigenvalue weighted by Gasteiger charge is -2.39. The van der Waals surface area contributed by atoms with Crippen LogP contribution in [0.15, 0.2) is 71.2 Å². The lowest BCUT2D eigenvalue weighted by atomic mass is 9.75. The number of carbonyl (C=O) groups excluding carboxylic acids is 1. The van der Waals surface area contributed by atoms with Gasteiger partial charge in [0.25, 0.3) is 11.4 Å². The number of nitrogens with two attached hydrogens (primary N) is 1. The molecule has 1 atom stereocenters. The molecule has 1 aliphatic carbocycles. The maximum absolute atomic E-state index is 13.1. The molecule has 0 saturated carbocycles. The minimum Gasteiger partial charge on any atom is -0.384 e. The van der Waals surface area contributed by atoms with Gasteiger partial charge in [-0.1, -0.05) is 18.2 Å². The zero-order valence-electron chi connectivity index (χ0n) is 16.7. The number of nitro groups is 2. The minimum atomic E-state index is -0.849. The second-order valence-electron chi connectivity index (χ2n) is 7.45. The number of carbonyl (C=O) groups is 1. The quantitative estimate of drug-likeness (QED) is 0.565. The molecule has 160 valence electrons. The molecule has 4 rings (SSSR count). The standard InChI is InChI=1S/C22H17N5O5/c23-12-17-20(13-4-1-6-15(10-13)26(29)30)21-18(8-3-9-19(21)28)25(22(17)24)14-5-2-7-16(11-14)27(31)32/h1-2,4-7,10-11,20H,3,8-9,24H2. The Hall–Kier alpha value is -4.52. The average molecular weight is 431 g/mol. The van der Waals surface area contributed by atoms with Crippen molar-refractivity contribution < 1.29 is 14.6 Å². The van der Waals surface area contributed by atoms with E-state index in [9.17, 15) is 30.3 Å². The van der Waals surface area contributed by atoms with E-state index in [-0.39, 0.29) is 35.0 Å². The topological polar surface area (TPSA) is 156 Å². The fourth-order valence-corrected chi connectivity index (χ4v) is 4.28. The minimum absolute atomic E-state index is 0.0398. The number of hydrogen-bond acceptors (Lipinski definition) is 8. The van der Waals surface area contributed by atoms with Crippen molar-refractivity contribution in [3.63, 3.8) is 0 Å². The summed E-state index contributed by atoms with van der Waals surface area (Å²) in [5.41, 5.74) is 7.82. The number of non-ortho nitro benzene ring substituents is 2. The van der Waals surface area contributed by atoms with E-state index >= 15 is 0 Å². The summed E-state index contributed by atoms with van der Waals surface area (Å²) in [6.45, 7) is 0. The Labute approximate surface area is 182 Å². The van der Waals surface area contributed by atoms with Crippen molar-refractivity contribution >= 4 is 22.8 Å². The van der Waals surface area contributed by atoms with Gasteiger partial charge in [-0.2, -0.15) is 5.26 Å². The molecule has 0 amide bonds. The smallest absolute Gasteiger partial charge is 0.271 e. The first-order valence-electron chi connectivity index (χ1n) is 9.78. The molecule has 10 nitrogen and oxygen atoms in total. The number of rotatable bonds is 4. The van der Waals surface area contributed by atoms with Crippen LogP contribution in [0.25, 0.3) is 0 Å². The molecule has 2 aromatic rings. The van der Waals surface area contributed by atoms with Gasteiger partial charge in [0.15, 0.2) is 5.78 Å². The Balaban J connectivity index is 1.96. The molecule has 1 heterocycles. The van der Waals surface area contributed by atoms with E-state index in [1.807, 2.05) is 0 Å². The van der Waals surface area contributed by atoms with Crippen LogP contribution >= 0.6 is 0 Å². The third-order valence-corrected chi connectivity index (χ3v) is 5.63. The Morgan fingerprint density at radius 2 is 1.69 bits per heavy atom. The third kappa shape index (κ3) is 3.35. The molecule has 2 aliphatic rings. The summed E-state index contributed by atoms with van der Waals surface area (Å²) in [5, 5.41) is 32.5. The maximum atomic E-state index is 13.1. The second-order valence-corrected chi connectivity index (χ2v) is 7.45. The monoisotopic (exact) mass is 431 g/mol. The normalized spacial score (nSPS) is 18.3. The molecule has 0 aromatic heterocycles. The lowest BCUT2D eigenvalue weighted by Crippen LogP contribution is -2.38. The molecular formula is C22H17N5O5. The van der Waals surface area contributed by atoms with Crippen molar-refractivity contribution in [3.05, 3.63) is 97.0 Å². The van der Waals surface area contributed by atoms with Crippen LogP contribution in [0.5, 0.6) is 0 Å². The zero-order valence-corrected chi connectivity index (χ0v) is 16.7. The van der Waals surface area contributed by atoms with Gasteiger partial charge in [-0.25, -0.2) is 0 Å². The summed E-state index contributed by atoms with van der Waals surface area (Å²) in [4.78, 5) is 36.0. The van der Waals surface area contributed by atoms with E-state index in [0.717, 1.165) is 0 Å². The Kier molecular flexibility index (Phi) is 5.16. The largest absolute Gasteiger partial charge is 0.384 e. The van der Waals surface area contributed by atoms with Crippen molar-refractivity contribution in [2.75, 3.05) is 4.90 Å². The van der Waals surface area contributed by atoms with Crippen LogP contribution in [0.1, 0.15) is 30.7 Å². The van der Waals surface area contributed by atoms with Crippen LogP contribution in [-0.2, 0) is 4.79 Å². The number of nitrogens with zero attached hydrogens (tertiary/aromatic N) is 4. The zero-order chi connectivity index (χ0) is 23.0. The third-order valence-electron chi connectivity index (χ3n) is 5.63. The molecule has 0 radical (unpaired) electrons. The number of Topliss-reactive ketones (excluding diaryl/α,β-unsaturated/α-hetero) is 1. The Morgan fingerprint density at radius 3 is 2.34 bits per heavy atom. The van der Waals surface area contributed by atoms with Crippen molar-refractivity contribution in [1.29, 1.82) is 5.26 Å². The van der Waals surface area contributed by atoms with Gasteiger partial charge < -0.3 is 5.73 Å². The van der Waals surface area contributed by atoms with Crippen LogP contribution in [0, 0.1) is 31.6 Å².